The SMILES string of the molecule is Cc1ccc(C(C)(C)C)cc1C(F)(F)CO. The van der Waals surface area contributed by atoms with Crippen molar-refractivity contribution in [1.29, 1.82) is 0 Å². The Labute approximate surface area is 95.1 Å². The van der Waals surface area contributed by atoms with Crippen molar-refractivity contribution < 1.29 is 13.9 Å². The molecule has 0 aliphatic heterocycles. The van der Waals surface area contributed by atoms with Gasteiger partial charge in [-0.25, -0.2) is 0 Å². The molecule has 0 radical (unpaired) electrons. The van der Waals surface area contributed by atoms with Crippen LogP contribution in [0.1, 0.15) is 37.5 Å². The van der Waals surface area contributed by atoms with Gasteiger partial charge in [-0.1, -0.05) is 32.9 Å². The van der Waals surface area contributed by atoms with Crippen LogP contribution in [-0.2, 0) is 11.3 Å². The Hall–Kier alpha value is -0.960. The third-order valence-corrected chi connectivity index (χ3v) is 2.70. The number of aliphatic hydroxyl groups excluding tert-OH is 1. The van der Waals surface area contributed by atoms with E-state index in [1.165, 1.54) is 6.07 Å². The van der Waals surface area contributed by atoms with E-state index in [9.17, 15) is 8.78 Å². The summed E-state index contributed by atoms with van der Waals surface area (Å²) in [5.74, 6) is -3.16. The lowest BCUT2D eigenvalue weighted by Crippen LogP contribution is -2.21. The molecule has 16 heavy (non-hydrogen) atoms. The lowest BCUT2D eigenvalue weighted by molar-refractivity contribution is -0.0561. The maximum Gasteiger partial charge on any atom is 0.296 e. The average molecular weight is 228 g/mol. The highest BCUT2D eigenvalue weighted by Crippen LogP contribution is 2.33. The summed E-state index contributed by atoms with van der Waals surface area (Å²) in [6, 6.07) is 5.03. The molecule has 1 nitrogen and oxygen atoms in total. The summed E-state index contributed by atoms with van der Waals surface area (Å²) < 4.78 is 26.9. The molecule has 0 amide bonds. The molecule has 0 heterocycles. The Morgan fingerprint density at radius 1 is 1.19 bits per heavy atom. The smallest absolute Gasteiger partial charge is 0.296 e. The normalized spacial score (nSPS) is 12.9. The number of hydrogen-bond donors (Lipinski definition) is 1. The molecular formula is C13H18F2O. The molecule has 0 saturated heterocycles. The van der Waals surface area contributed by atoms with Crippen LogP contribution in [0.3, 0.4) is 0 Å². The average Bonchev–Trinajstić information content (AvgIpc) is 2.16. The van der Waals surface area contributed by atoms with Gasteiger partial charge in [0, 0.05) is 5.56 Å². The van der Waals surface area contributed by atoms with Crippen LogP contribution < -0.4 is 0 Å². The third-order valence-electron chi connectivity index (χ3n) is 2.70. The lowest BCUT2D eigenvalue weighted by atomic mass is 9.84. The first-order chi connectivity index (χ1) is 7.18. The van der Waals surface area contributed by atoms with Crippen LogP contribution >= 0.6 is 0 Å². The van der Waals surface area contributed by atoms with Gasteiger partial charge in [-0.3, -0.25) is 0 Å². The van der Waals surface area contributed by atoms with E-state index in [4.69, 9.17) is 5.11 Å². The van der Waals surface area contributed by atoms with Gasteiger partial charge in [0.2, 0.25) is 0 Å². The first-order valence-corrected chi connectivity index (χ1v) is 5.29. The van der Waals surface area contributed by atoms with Gasteiger partial charge in [0.05, 0.1) is 0 Å². The van der Waals surface area contributed by atoms with Crippen molar-refractivity contribution in [2.75, 3.05) is 6.61 Å². The molecule has 1 N–H and O–H groups in total. The molecule has 0 saturated carbocycles. The van der Waals surface area contributed by atoms with E-state index < -0.39 is 12.5 Å². The zero-order chi connectivity index (χ0) is 12.6. The number of alkyl halides is 2. The van der Waals surface area contributed by atoms with Gasteiger partial charge >= 0.3 is 0 Å². The first kappa shape index (κ1) is 13.1. The summed E-state index contributed by atoms with van der Waals surface area (Å²) >= 11 is 0. The van der Waals surface area contributed by atoms with Crippen LogP contribution in [-0.4, -0.2) is 11.7 Å². The number of rotatable bonds is 2. The molecule has 1 aromatic rings. The maximum absolute atomic E-state index is 13.5. The van der Waals surface area contributed by atoms with E-state index >= 15 is 0 Å². The highest BCUT2D eigenvalue weighted by Gasteiger charge is 2.33. The minimum absolute atomic E-state index is 0.0811. The lowest BCUT2D eigenvalue weighted by Gasteiger charge is -2.23. The Morgan fingerprint density at radius 2 is 1.75 bits per heavy atom. The van der Waals surface area contributed by atoms with Crippen molar-refractivity contribution in [1.82, 2.24) is 0 Å². The predicted octanol–water partition coefficient (Wildman–Crippen LogP) is 3.38. The van der Waals surface area contributed by atoms with E-state index in [1.54, 1.807) is 13.0 Å². The van der Waals surface area contributed by atoms with E-state index in [1.807, 2.05) is 26.8 Å². The van der Waals surface area contributed by atoms with E-state index in [-0.39, 0.29) is 11.0 Å². The van der Waals surface area contributed by atoms with E-state index in [0.29, 0.717) is 5.56 Å². The fourth-order valence-electron chi connectivity index (χ4n) is 1.57. The van der Waals surface area contributed by atoms with Crippen LogP contribution in [0.5, 0.6) is 0 Å². The fourth-order valence-corrected chi connectivity index (χ4v) is 1.57. The predicted molar refractivity (Wildman–Crippen MR) is 60.9 cm³/mol. The zero-order valence-corrected chi connectivity index (χ0v) is 10.1. The quantitative estimate of drug-likeness (QED) is 0.822. The fraction of sp³-hybridized carbons (Fsp3) is 0.538. The second-order valence-electron chi connectivity index (χ2n) is 5.14. The first-order valence-electron chi connectivity index (χ1n) is 5.29. The second-order valence-corrected chi connectivity index (χ2v) is 5.14. The van der Waals surface area contributed by atoms with Crippen LogP contribution in [0.25, 0.3) is 0 Å². The van der Waals surface area contributed by atoms with Crippen molar-refractivity contribution in [2.45, 2.75) is 39.0 Å². The Kier molecular flexibility index (Phi) is 3.38. The van der Waals surface area contributed by atoms with E-state index in [2.05, 4.69) is 0 Å². The van der Waals surface area contributed by atoms with Crippen LogP contribution in [0.2, 0.25) is 0 Å². The summed E-state index contributed by atoms with van der Waals surface area (Å²) in [6.45, 7) is 6.39. The third kappa shape index (κ3) is 2.59. The summed E-state index contributed by atoms with van der Waals surface area (Å²) in [7, 11) is 0. The maximum atomic E-state index is 13.5. The van der Waals surface area contributed by atoms with Crippen molar-refractivity contribution in [3.05, 3.63) is 34.9 Å². The van der Waals surface area contributed by atoms with Crippen molar-refractivity contribution >= 4 is 0 Å². The molecular weight excluding hydrogens is 210 g/mol. The minimum atomic E-state index is -3.16. The topological polar surface area (TPSA) is 20.2 Å². The summed E-state index contributed by atoms with van der Waals surface area (Å²) in [5, 5.41) is 8.72. The molecule has 0 unspecified atom stereocenters. The molecule has 0 aliphatic rings. The van der Waals surface area contributed by atoms with Crippen molar-refractivity contribution in [3.8, 4) is 0 Å². The monoisotopic (exact) mass is 228 g/mol. The van der Waals surface area contributed by atoms with Crippen molar-refractivity contribution in [2.24, 2.45) is 0 Å². The molecule has 0 atom stereocenters. The van der Waals surface area contributed by atoms with Gasteiger partial charge in [-0.2, -0.15) is 8.78 Å². The summed E-state index contributed by atoms with van der Waals surface area (Å²) in [4.78, 5) is 0. The van der Waals surface area contributed by atoms with Crippen LogP contribution in [0.4, 0.5) is 8.78 Å². The van der Waals surface area contributed by atoms with Gasteiger partial charge in [-0.15, -0.1) is 0 Å². The van der Waals surface area contributed by atoms with Crippen molar-refractivity contribution in [3.63, 3.8) is 0 Å². The Morgan fingerprint density at radius 3 is 2.19 bits per heavy atom. The van der Waals surface area contributed by atoms with Gasteiger partial charge in [-0.05, 0) is 29.5 Å². The Bertz CT molecular complexity index is 378. The van der Waals surface area contributed by atoms with Crippen LogP contribution in [0, 0.1) is 6.92 Å². The zero-order valence-electron chi connectivity index (χ0n) is 10.1. The molecule has 3 heteroatoms. The Balaban J connectivity index is 3.30. The van der Waals surface area contributed by atoms with E-state index in [0.717, 1.165) is 5.56 Å². The summed E-state index contributed by atoms with van der Waals surface area (Å²) in [6.07, 6.45) is 0. The molecule has 0 fully saturated rings. The number of benzene rings is 1. The largest absolute Gasteiger partial charge is 0.390 e. The number of aryl methyl sites for hydroxylation is 1. The number of hydrogen-bond acceptors (Lipinski definition) is 1. The van der Waals surface area contributed by atoms with Crippen LogP contribution in [0.15, 0.2) is 18.2 Å². The molecule has 1 rings (SSSR count). The highest BCUT2D eigenvalue weighted by atomic mass is 19.3. The molecule has 0 aliphatic carbocycles. The molecule has 0 aromatic heterocycles. The van der Waals surface area contributed by atoms with Gasteiger partial charge in [0.15, 0.2) is 0 Å². The highest BCUT2D eigenvalue weighted by molar-refractivity contribution is 5.37. The number of aliphatic hydroxyl groups is 1. The molecule has 90 valence electrons. The summed E-state index contributed by atoms with van der Waals surface area (Å²) in [5.41, 5.74) is 1.10. The molecule has 0 bridgehead atoms. The second kappa shape index (κ2) is 4.13. The van der Waals surface area contributed by atoms with Gasteiger partial charge in [0.25, 0.3) is 5.92 Å². The van der Waals surface area contributed by atoms with Gasteiger partial charge < -0.3 is 5.11 Å². The minimum Gasteiger partial charge on any atom is -0.390 e. The standard InChI is InChI=1S/C13H18F2O/c1-9-5-6-10(12(2,3)4)7-11(9)13(14,15)8-16/h5-7,16H,8H2,1-4H3. The molecule has 0 spiro atoms. The number of halogens is 2. The van der Waals surface area contributed by atoms with Gasteiger partial charge in [0.1, 0.15) is 6.61 Å². The molecule has 1 aromatic carbocycles.